The zero-order valence-electron chi connectivity index (χ0n) is 14.5. The van der Waals surface area contributed by atoms with Crippen LogP contribution in [0.1, 0.15) is 5.56 Å². The highest BCUT2D eigenvalue weighted by atomic mass is 35.5. The van der Waals surface area contributed by atoms with E-state index in [-0.39, 0.29) is 17.6 Å². The fourth-order valence-corrected chi connectivity index (χ4v) is 2.76. The van der Waals surface area contributed by atoms with Crippen LogP contribution in [0.2, 0.25) is 5.02 Å². The summed E-state index contributed by atoms with van der Waals surface area (Å²) < 4.78 is 16.4. The first-order chi connectivity index (χ1) is 13.0. The van der Waals surface area contributed by atoms with Crippen LogP contribution < -0.4 is 30.4 Å². The third-order valence-electron chi connectivity index (χ3n) is 3.61. The normalized spacial score (nSPS) is 12.1. The average molecular weight is 408 g/mol. The maximum Gasteiger partial charge on any atom is 0.276 e. The highest BCUT2D eigenvalue weighted by Gasteiger charge is 2.12. The van der Waals surface area contributed by atoms with Crippen molar-refractivity contribution in [3.63, 3.8) is 0 Å². The van der Waals surface area contributed by atoms with Gasteiger partial charge in [-0.2, -0.15) is 0 Å². The lowest BCUT2D eigenvalue weighted by atomic mass is 10.2. The Morgan fingerprint density at radius 2 is 1.93 bits per heavy atom. The Balaban J connectivity index is 1.44. The van der Waals surface area contributed by atoms with Crippen LogP contribution in [0.25, 0.3) is 0 Å². The van der Waals surface area contributed by atoms with E-state index in [9.17, 15) is 4.79 Å². The van der Waals surface area contributed by atoms with Gasteiger partial charge in [-0.25, -0.2) is 0 Å². The Labute approximate surface area is 166 Å². The summed E-state index contributed by atoms with van der Waals surface area (Å²) in [5, 5.41) is 3.79. The molecule has 27 heavy (non-hydrogen) atoms. The van der Waals surface area contributed by atoms with Gasteiger partial charge in [0.25, 0.3) is 5.91 Å². The predicted molar refractivity (Wildman–Crippen MR) is 107 cm³/mol. The first kappa shape index (κ1) is 19.1. The number of rotatable bonds is 4. The molecule has 3 rings (SSSR count). The standard InChI is InChI=1S/C18H18ClN3O4S/c1-11-8-12(19)2-4-14(11)26-10-17(23)21-22-18(27)20-13-3-5-15-16(9-13)25-7-6-24-15/h2-5,8-9H,6-7,10H2,1H3,(H,21,23)(H2,20,22,27). The number of hydrogen-bond acceptors (Lipinski definition) is 5. The van der Waals surface area contributed by atoms with Crippen molar-refractivity contribution in [2.45, 2.75) is 6.92 Å². The molecule has 9 heteroatoms. The van der Waals surface area contributed by atoms with Gasteiger partial charge in [-0.15, -0.1) is 0 Å². The molecule has 0 aliphatic carbocycles. The number of hydrazine groups is 1. The van der Waals surface area contributed by atoms with Crippen LogP contribution >= 0.6 is 23.8 Å². The van der Waals surface area contributed by atoms with Gasteiger partial charge in [0.2, 0.25) is 0 Å². The van der Waals surface area contributed by atoms with E-state index in [1.165, 1.54) is 0 Å². The molecule has 0 atom stereocenters. The van der Waals surface area contributed by atoms with E-state index in [2.05, 4.69) is 16.2 Å². The van der Waals surface area contributed by atoms with E-state index in [0.717, 1.165) is 5.56 Å². The average Bonchev–Trinajstić information content (AvgIpc) is 2.65. The number of benzene rings is 2. The first-order valence-electron chi connectivity index (χ1n) is 8.16. The van der Waals surface area contributed by atoms with Crippen molar-refractivity contribution in [1.29, 1.82) is 0 Å². The predicted octanol–water partition coefficient (Wildman–Crippen LogP) is 2.82. The van der Waals surface area contributed by atoms with Crippen molar-refractivity contribution < 1.29 is 19.0 Å². The number of anilines is 1. The Morgan fingerprint density at radius 3 is 2.70 bits per heavy atom. The van der Waals surface area contributed by atoms with E-state index in [1.807, 2.05) is 6.92 Å². The van der Waals surface area contributed by atoms with Gasteiger partial charge in [-0.3, -0.25) is 15.6 Å². The van der Waals surface area contributed by atoms with Crippen LogP contribution in [-0.2, 0) is 4.79 Å². The molecule has 0 radical (unpaired) electrons. The minimum absolute atomic E-state index is 0.165. The number of aryl methyl sites for hydroxylation is 1. The van der Waals surface area contributed by atoms with Gasteiger partial charge < -0.3 is 19.5 Å². The van der Waals surface area contributed by atoms with Crippen LogP contribution in [0.4, 0.5) is 5.69 Å². The topological polar surface area (TPSA) is 80.9 Å². The summed E-state index contributed by atoms with van der Waals surface area (Å²) in [5.41, 5.74) is 6.64. The van der Waals surface area contributed by atoms with Gasteiger partial charge in [0.05, 0.1) is 0 Å². The molecule has 1 amide bonds. The minimum Gasteiger partial charge on any atom is -0.486 e. The third-order valence-corrected chi connectivity index (χ3v) is 4.05. The number of ether oxygens (including phenoxy) is 3. The summed E-state index contributed by atoms with van der Waals surface area (Å²) in [6.45, 7) is 2.72. The maximum absolute atomic E-state index is 11.9. The molecule has 142 valence electrons. The van der Waals surface area contributed by atoms with Crippen molar-refractivity contribution >= 4 is 40.5 Å². The lowest BCUT2D eigenvalue weighted by molar-refractivity contribution is -0.123. The number of hydrogen-bond donors (Lipinski definition) is 3. The number of amides is 1. The smallest absolute Gasteiger partial charge is 0.276 e. The van der Waals surface area contributed by atoms with Gasteiger partial charge >= 0.3 is 0 Å². The van der Waals surface area contributed by atoms with E-state index >= 15 is 0 Å². The molecule has 1 heterocycles. The minimum atomic E-state index is -0.379. The van der Waals surface area contributed by atoms with E-state index in [4.69, 9.17) is 38.0 Å². The highest BCUT2D eigenvalue weighted by molar-refractivity contribution is 7.80. The highest BCUT2D eigenvalue weighted by Crippen LogP contribution is 2.32. The lowest BCUT2D eigenvalue weighted by Gasteiger charge is -2.19. The van der Waals surface area contributed by atoms with E-state index in [0.29, 0.717) is 41.2 Å². The molecule has 0 spiro atoms. The molecule has 3 N–H and O–H groups in total. The molecule has 2 aromatic carbocycles. The number of carbonyl (C=O) groups is 1. The molecule has 2 aromatic rings. The summed E-state index contributed by atoms with van der Waals surface area (Å²) >= 11 is 11.0. The van der Waals surface area contributed by atoms with Crippen LogP contribution in [0.15, 0.2) is 36.4 Å². The van der Waals surface area contributed by atoms with E-state index < -0.39 is 0 Å². The SMILES string of the molecule is Cc1cc(Cl)ccc1OCC(=O)NNC(=S)Nc1ccc2c(c1)OCCO2. The summed E-state index contributed by atoms with van der Waals surface area (Å²) in [7, 11) is 0. The van der Waals surface area contributed by atoms with Crippen LogP contribution in [0.5, 0.6) is 17.2 Å². The number of thiocarbonyl (C=S) groups is 1. The molecule has 0 fully saturated rings. The second-order valence-electron chi connectivity index (χ2n) is 5.68. The van der Waals surface area contributed by atoms with Crippen molar-refractivity contribution in [3.05, 3.63) is 47.0 Å². The number of nitrogens with one attached hydrogen (secondary N) is 3. The molecule has 0 aromatic heterocycles. The van der Waals surface area contributed by atoms with Gasteiger partial charge in [-0.1, -0.05) is 11.6 Å². The van der Waals surface area contributed by atoms with Gasteiger partial charge in [-0.05, 0) is 55.0 Å². The molecule has 1 aliphatic heterocycles. The van der Waals surface area contributed by atoms with Gasteiger partial charge in [0, 0.05) is 16.8 Å². The molecule has 7 nitrogen and oxygen atoms in total. The number of carbonyl (C=O) groups excluding carboxylic acids is 1. The summed E-state index contributed by atoms with van der Waals surface area (Å²) in [6.07, 6.45) is 0. The van der Waals surface area contributed by atoms with Gasteiger partial charge in [0.15, 0.2) is 23.2 Å². The van der Waals surface area contributed by atoms with Crippen LogP contribution in [0, 0.1) is 6.92 Å². The first-order valence-corrected chi connectivity index (χ1v) is 8.94. The summed E-state index contributed by atoms with van der Waals surface area (Å²) in [4.78, 5) is 11.9. The second-order valence-corrected chi connectivity index (χ2v) is 6.53. The number of halogens is 1. The fourth-order valence-electron chi connectivity index (χ4n) is 2.36. The zero-order valence-corrected chi connectivity index (χ0v) is 16.1. The molecule has 0 saturated carbocycles. The molecule has 0 unspecified atom stereocenters. The monoisotopic (exact) mass is 407 g/mol. The Morgan fingerprint density at radius 1 is 1.15 bits per heavy atom. The van der Waals surface area contributed by atoms with Crippen molar-refractivity contribution in [3.8, 4) is 17.2 Å². The largest absolute Gasteiger partial charge is 0.486 e. The molecule has 0 bridgehead atoms. The molecule has 1 aliphatic rings. The Bertz CT molecular complexity index is 862. The maximum atomic E-state index is 11.9. The quantitative estimate of drug-likeness (QED) is 0.531. The molecular formula is C18H18ClN3O4S. The van der Waals surface area contributed by atoms with Crippen molar-refractivity contribution in [1.82, 2.24) is 10.9 Å². The van der Waals surface area contributed by atoms with E-state index in [1.54, 1.807) is 36.4 Å². The summed E-state index contributed by atoms with van der Waals surface area (Å²) in [5.74, 6) is 1.54. The van der Waals surface area contributed by atoms with Crippen molar-refractivity contribution in [2.75, 3.05) is 25.1 Å². The van der Waals surface area contributed by atoms with Crippen LogP contribution in [-0.4, -0.2) is 30.8 Å². The Kier molecular flexibility index (Phi) is 6.20. The van der Waals surface area contributed by atoms with Gasteiger partial charge in [0.1, 0.15) is 19.0 Å². The van der Waals surface area contributed by atoms with Crippen molar-refractivity contribution in [2.24, 2.45) is 0 Å². The zero-order chi connectivity index (χ0) is 19.2. The second kappa shape index (κ2) is 8.79. The van der Waals surface area contributed by atoms with Crippen LogP contribution in [0.3, 0.4) is 0 Å². The number of fused-ring (bicyclic) bond motifs is 1. The third kappa shape index (κ3) is 5.38. The fraction of sp³-hybridized carbons (Fsp3) is 0.222. The molecular weight excluding hydrogens is 390 g/mol. The molecule has 0 saturated heterocycles. The lowest BCUT2D eigenvalue weighted by Crippen LogP contribution is -2.45. The summed E-state index contributed by atoms with van der Waals surface area (Å²) in [6, 6.07) is 10.5. The Hall–Kier alpha value is -2.71.